The van der Waals surface area contributed by atoms with E-state index in [4.69, 9.17) is 5.73 Å². The molecule has 2 N–H and O–H groups in total. The van der Waals surface area contributed by atoms with E-state index in [1.807, 2.05) is 4.68 Å². The fourth-order valence-electron chi connectivity index (χ4n) is 2.30. The molecule has 0 aliphatic heterocycles. The van der Waals surface area contributed by atoms with Crippen LogP contribution in [0.3, 0.4) is 0 Å². The van der Waals surface area contributed by atoms with Crippen LogP contribution in [0.2, 0.25) is 0 Å². The lowest BCUT2D eigenvalue weighted by Gasteiger charge is -2.08. The Morgan fingerprint density at radius 2 is 2.19 bits per heavy atom. The third kappa shape index (κ3) is 1.28. The first-order valence-electron chi connectivity index (χ1n) is 5.90. The van der Waals surface area contributed by atoms with E-state index >= 15 is 0 Å². The second-order valence-electron chi connectivity index (χ2n) is 4.79. The molecule has 16 heavy (non-hydrogen) atoms. The van der Waals surface area contributed by atoms with Gasteiger partial charge in [0, 0.05) is 23.2 Å². The van der Waals surface area contributed by atoms with Crippen molar-refractivity contribution < 1.29 is 0 Å². The summed E-state index contributed by atoms with van der Waals surface area (Å²) in [6.45, 7) is 5.16. The van der Waals surface area contributed by atoms with Gasteiger partial charge in [-0.15, -0.1) is 0 Å². The van der Waals surface area contributed by atoms with E-state index in [-0.39, 0.29) is 5.54 Å². The zero-order chi connectivity index (χ0) is 11.3. The van der Waals surface area contributed by atoms with Crippen molar-refractivity contribution in [3.05, 3.63) is 29.5 Å². The Bertz CT molecular complexity index is 550. The van der Waals surface area contributed by atoms with E-state index in [1.165, 1.54) is 16.6 Å². The number of benzene rings is 1. The van der Waals surface area contributed by atoms with Crippen LogP contribution in [0, 0.1) is 6.92 Å². The summed E-state index contributed by atoms with van der Waals surface area (Å²) < 4.78 is 2.05. The molecule has 1 aromatic heterocycles. The highest BCUT2D eigenvalue weighted by atomic mass is 15.3. The lowest BCUT2D eigenvalue weighted by molar-refractivity contribution is 0.647. The van der Waals surface area contributed by atoms with E-state index < -0.39 is 0 Å². The molecule has 0 unspecified atom stereocenters. The summed E-state index contributed by atoms with van der Waals surface area (Å²) in [4.78, 5) is 0. The van der Waals surface area contributed by atoms with Crippen molar-refractivity contribution >= 4 is 10.9 Å². The predicted molar refractivity (Wildman–Crippen MR) is 65.2 cm³/mol. The average molecular weight is 215 g/mol. The van der Waals surface area contributed by atoms with Crippen LogP contribution in [-0.4, -0.2) is 9.78 Å². The van der Waals surface area contributed by atoms with Crippen molar-refractivity contribution in [2.24, 2.45) is 5.73 Å². The number of nitrogens with two attached hydrogens (primary N) is 1. The van der Waals surface area contributed by atoms with E-state index in [9.17, 15) is 0 Å². The molecule has 1 aliphatic rings. The van der Waals surface area contributed by atoms with Crippen LogP contribution < -0.4 is 5.73 Å². The van der Waals surface area contributed by atoms with Crippen molar-refractivity contribution in [3.8, 4) is 0 Å². The van der Waals surface area contributed by atoms with Crippen LogP contribution in [-0.2, 0) is 12.1 Å². The SMILES string of the molecule is CCn1nc2ccc(C3(N)CC3)cc2c1C. The maximum atomic E-state index is 6.22. The number of fused-ring (bicyclic) bond motifs is 1. The second kappa shape index (κ2) is 3.08. The third-order valence-corrected chi connectivity index (χ3v) is 3.67. The van der Waals surface area contributed by atoms with Crippen molar-refractivity contribution in [3.63, 3.8) is 0 Å². The van der Waals surface area contributed by atoms with Gasteiger partial charge in [-0.3, -0.25) is 4.68 Å². The number of hydrogen-bond acceptors (Lipinski definition) is 2. The van der Waals surface area contributed by atoms with Crippen molar-refractivity contribution in [2.45, 2.75) is 38.8 Å². The molecular weight excluding hydrogens is 198 g/mol. The van der Waals surface area contributed by atoms with Gasteiger partial charge >= 0.3 is 0 Å². The number of rotatable bonds is 2. The molecule has 0 saturated heterocycles. The summed E-state index contributed by atoms with van der Waals surface area (Å²) in [7, 11) is 0. The Hall–Kier alpha value is -1.35. The minimum absolute atomic E-state index is 0.0467. The molecule has 1 aromatic carbocycles. The summed E-state index contributed by atoms with van der Waals surface area (Å²) >= 11 is 0. The summed E-state index contributed by atoms with van der Waals surface area (Å²) in [6, 6.07) is 6.44. The van der Waals surface area contributed by atoms with Crippen LogP contribution >= 0.6 is 0 Å². The molecule has 0 bridgehead atoms. The Morgan fingerprint density at radius 3 is 2.81 bits per heavy atom. The molecule has 3 nitrogen and oxygen atoms in total. The molecular formula is C13H17N3. The van der Waals surface area contributed by atoms with Crippen molar-refractivity contribution in [2.75, 3.05) is 0 Å². The lowest BCUT2D eigenvalue weighted by Crippen LogP contribution is -2.18. The fraction of sp³-hybridized carbons (Fsp3) is 0.462. The Morgan fingerprint density at radius 1 is 1.44 bits per heavy atom. The summed E-state index contributed by atoms with van der Waals surface area (Å²) in [5, 5.41) is 5.80. The van der Waals surface area contributed by atoms with Crippen LogP contribution in [0.4, 0.5) is 0 Å². The highest BCUT2D eigenvalue weighted by Crippen LogP contribution is 2.43. The highest BCUT2D eigenvalue weighted by molar-refractivity contribution is 5.82. The van der Waals surface area contributed by atoms with Crippen molar-refractivity contribution in [1.29, 1.82) is 0 Å². The Kier molecular flexibility index (Phi) is 1.89. The number of nitrogens with zero attached hydrogens (tertiary/aromatic N) is 2. The molecule has 1 aliphatic carbocycles. The lowest BCUT2D eigenvalue weighted by atomic mass is 10.0. The zero-order valence-corrected chi connectivity index (χ0v) is 9.83. The average Bonchev–Trinajstić information content (AvgIpc) is 2.96. The standard InChI is InChI=1S/C13H17N3/c1-3-16-9(2)11-8-10(13(14)6-7-13)4-5-12(11)15-16/h4-5,8H,3,6-7,14H2,1-2H3. The third-order valence-electron chi connectivity index (χ3n) is 3.67. The first-order chi connectivity index (χ1) is 7.64. The predicted octanol–water partition coefficient (Wildman–Crippen LogP) is 2.31. The quantitative estimate of drug-likeness (QED) is 0.835. The maximum Gasteiger partial charge on any atom is 0.0926 e. The fourth-order valence-corrected chi connectivity index (χ4v) is 2.30. The highest BCUT2D eigenvalue weighted by Gasteiger charge is 2.40. The molecule has 1 heterocycles. The van der Waals surface area contributed by atoms with Crippen LogP contribution in [0.15, 0.2) is 18.2 Å². The van der Waals surface area contributed by atoms with E-state index in [1.54, 1.807) is 0 Å². The molecule has 1 saturated carbocycles. The first-order valence-corrected chi connectivity index (χ1v) is 5.90. The summed E-state index contributed by atoms with van der Waals surface area (Å²) in [5.41, 5.74) is 9.75. The van der Waals surface area contributed by atoms with Gasteiger partial charge in [-0.1, -0.05) is 6.07 Å². The van der Waals surface area contributed by atoms with Gasteiger partial charge in [0.2, 0.25) is 0 Å². The number of aromatic nitrogens is 2. The molecule has 0 amide bonds. The van der Waals surface area contributed by atoms with Crippen LogP contribution in [0.1, 0.15) is 31.0 Å². The zero-order valence-electron chi connectivity index (χ0n) is 9.83. The van der Waals surface area contributed by atoms with Gasteiger partial charge in [-0.05, 0) is 44.4 Å². The van der Waals surface area contributed by atoms with Gasteiger partial charge < -0.3 is 5.73 Å². The van der Waals surface area contributed by atoms with E-state index in [2.05, 4.69) is 37.1 Å². The molecule has 3 heteroatoms. The molecule has 0 spiro atoms. The molecule has 0 radical (unpaired) electrons. The topological polar surface area (TPSA) is 43.8 Å². The normalized spacial score (nSPS) is 17.9. The van der Waals surface area contributed by atoms with Gasteiger partial charge in [0.05, 0.1) is 5.52 Å². The molecule has 84 valence electrons. The molecule has 3 rings (SSSR count). The number of aryl methyl sites for hydroxylation is 2. The Balaban J connectivity index is 2.20. The van der Waals surface area contributed by atoms with Gasteiger partial charge in [-0.2, -0.15) is 5.10 Å². The molecule has 1 fully saturated rings. The smallest absolute Gasteiger partial charge is 0.0926 e. The van der Waals surface area contributed by atoms with Gasteiger partial charge in [0.15, 0.2) is 0 Å². The molecule has 2 aromatic rings. The van der Waals surface area contributed by atoms with E-state index in [0.29, 0.717) is 0 Å². The monoisotopic (exact) mass is 215 g/mol. The second-order valence-corrected chi connectivity index (χ2v) is 4.79. The van der Waals surface area contributed by atoms with Gasteiger partial charge in [-0.25, -0.2) is 0 Å². The van der Waals surface area contributed by atoms with Gasteiger partial charge in [0.25, 0.3) is 0 Å². The minimum atomic E-state index is -0.0467. The van der Waals surface area contributed by atoms with E-state index in [0.717, 1.165) is 24.9 Å². The largest absolute Gasteiger partial charge is 0.321 e. The minimum Gasteiger partial charge on any atom is -0.321 e. The van der Waals surface area contributed by atoms with Crippen LogP contribution in [0.5, 0.6) is 0 Å². The van der Waals surface area contributed by atoms with Crippen LogP contribution in [0.25, 0.3) is 10.9 Å². The number of hydrogen-bond donors (Lipinski definition) is 1. The van der Waals surface area contributed by atoms with Crippen molar-refractivity contribution in [1.82, 2.24) is 9.78 Å². The maximum absolute atomic E-state index is 6.22. The summed E-state index contributed by atoms with van der Waals surface area (Å²) in [6.07, 6.45) is 2.22. The Labute approximate surface area is 95.2 Å². The summed E-state index contributed by atoms with van der Waals surface area (Å²) in [5.74, 6) is 0. The first kappa shape index (κ1) is 9.85. The van der Waals surface area contributed by atoms with Gasteiger partial charge in [0.1, 0.15) is 0 Å². The molecule has 0 atom stereocenters.